The molecule has 0 radical (unpaired) electrons. The van der Waals surface area contributed by atoms with E-state index in [1.54, 1.807) is 19.0 Å². The van der Waals surface area contributed by atoms with Crippen LogP contribution in [0.2, 0.25) is 0 Å². The lowest BCUT2D eigenvalue weighted by Crippen LogP contribution is -2.36. The van der Waals surface area contributed by atoms with Gasteiger partial charge in [-0.2, -0.15) is 0 Å². The fourth-order valence-corrected chi connectivity index (χ4v) is 1.27. The van der Waals surface area contributed by atoms with Crippen molar-refractivity contribution in [3.8, 4) is 0 Å². The molecule has 1 N–H and O–H groups in total. The molecule has 0 saturated carbocycles. The first kappa shape index (κ1) is 14.4. The normalized spacial score (nSPS) is 12.3. The predicted octanol–water partition coefficient (Wildman–Crippen LogP) is 0.265. The fraction of sp³-hybridized carbons (Fsp3) is 0.727. The van der Waals surface area contributed by atoms with E-state index in [4.69, 9.17) is 4.42 Å². The average Bonchev–Trinajstić information content (AvgIpc) is 2.83. The molecule has 1 heterocycles. The Labute approximate surface area is 107 Å². The molecule has 1 aromatic rings. The summed E-state index contributed by atoms with van der Waals surface area (Å²) in [6, 6.07) is 0.374. The van der Waals surface area contributed by atoms with Gasteiger partial charge >= 0.3 is 6.01 Å². The first-order valence-electron chi connectivity index (χ1n) is 5.95. The number of carbonyl (C=O) groups is 1. The molecular weight excluding hydrogens is 234 g/mol. The summed E-state index contributed by atoms with van der Waals surface area (Å²) in [7, 11) is 5.26. The first-order chi connectivity index (χ1) is 8.49. The van der Waals surface area contributed by atoms with Crippen molar-refractivity contribution >= 4 is 11.9 Å². The molecule has 0 fully saturated rings. The number of hydrogen-bond acceptors (Lipinski definition) is 6. The minimum atomic E-state index is -0.00509. The van der Waals surface area contributed by atoms with Gasteiger partial charge in [-0.15, -0.1) is 5.10 Å². The number of carbonyl (C=O) groups excluding carboxylic acids is 1. The van der Waals surface area contributed by atoms with E-state index in [-0.39, 0.29) is 18.5 Å². The predicted molar refractivity (Wildman–Crippen MR) is 68.4 cm³/mol. The Morgan fingerprint density at radius 2 is 2.11 bits per heavy atom. The summed E-state index contributed by atoms with van der Waals surface area (Å²) in [5, 5.41) is 11.0. The molecule has 0 bridgehead atoms. The third-order valence-electron chi connectivity index (χ3n) is 2.71. The lowest BCUT2D eigenvalue weighted by Gasteiger charge is -2.19. The minimum Gasteiger partial charge on any atom is -0.406 e. The number of nitrogens with zero attached hydrogens (tertiary/aromatic N) is 4. The van der Waals surface area contributed by atoms with Crippen LogP contribution in [0.4, 0.5) is 6.01 Å². The summed E-state index contributed by atoms with van der Waals surface area (Å²) >= 11 is 0. The number of nitrogens with one attached hydrogen (secondary N) is 1. The highest BCUT2D eigenvalue weighted by atomic mass is 16.4. The summed E-state index contributed by atoms with van der Waals surface area (Å²) in [5.74, 6) is 0.515. The summed E-state index contributed by atoms with van der Waals surface area (Å²) in [5.41, 5.74) is 0. The van der Waals surface area contributed by atoms with Crippen molar-refractivity contribution in [3.63, 3.8) is 0 Å². The third kappa shape index (κ3) is 3.43. The van der Waals surface area contributed by atoms with Gasteiger partial charge in [0.2, 0.25) is 11.8 Å². The molecule has 1 amide bonds. The molecular formula is C11H21N5O2. The number of likely N-dealkylation sites (N-methyl/N-ethyl adjacent to an activating group) is 2. The van der Waals surface area contributed by atoms with E-state index < -0.39 is 0 Å². The molecule has 7 heteroatoms. The summed E-state index contributed by atoms with van der Waals surface area (Å²) in [6.45, 7) is 4.74. The van der Waals surface area contributed by atoms with Crippen molar-refractivity contribution < 1.29 is 9.21 Å². The highest BCUT2D eigenvalue weighted by Gasteiger charge is 2.19. The van der Waals surface area contributed by atoms with Gasteiger partial charge in [-0.25, -0.2) is 0 Å². The maximum Gasteiger partial charge on any atom is 0.318 e. The molecule has 1 unspecified atom stereocenters. The number of aromatic nitrogens is 2. The third-order valence-corrected chi connectivity index (χ3v) is 2.71. The second-order valence-electron chi connectivity index (χ2n) is 4.24. The zero-order valence-corrected chi connectivity index (χ0v) is 11.6. The number of hydrogen-bond donors (Lipinski definition) is 1. The van der Waals surface area contributed by atoms with Crippen molar-refractivity contribution in [3.05, 3.63) is 5.89 Å². The Bertz CT molecular complexity index is 391. The van der Waals surface area contributed by atoms with E-state index in [0.29, 0.717) is 18.5 Å². The lowest BCUT2D eigenvalue weighted by molar-refractivity contribution is -0.127. The smallest absolute Gasteiger partial charge is 0.318 e. The number of anilines is 1. The molecule has 1 rings (SSSR count). The quantitative estimate of drug-likeness (QED) is 0.786. The average molecular weight is 255 g/mol. The van der Waals surface area contributed by atoms with Crippen LogP contribution in [-0.2, 0) is 4.79 Å². The molecule has 7 nitrogen and oxygen atoms in total. The van der Waals surface area contributed by atoms with Crippen LogP contribution >= 0.6 is 0 Å². The van der Waals surface area contributed by atoms with Gasteiger partial charge < -0.3 is 19.5 Å². The van der Waals surface area contributed by atoms with Gasteiger partial charge in [0.1, 0.15) is 6.54 Å². The molecule has 0 spiro atoms. The van der Waals surface area contributed by atoms with Crippen LogP contribution < -0.4 is 10.2 Å². The SMILES string of the molecule is CCN(CC(=O)N(C)C)c1nnc(C(C)NC)o1. The van der Waals surface area contributed by atoms with Gasteiger partial charge in [0.05, 0.1) is 6.04 Å². The van der Waals surface area contributed by atoms with Crippen LogP contribution in [0.25, 0.3) is 0 Å². The van der Waals surface area contributed by atoms with Crippen LogP contribution in [0.1, 0.15) is 25.8 Å². The largest absolute Gasteiger partial charge is 0.406 e. The van der Waals surface area contributed by atoms with Gasteiger partial charge in [0.15, 0.2) is 0 Å². The van der Waals surface area contributed by atoms with Crippen LogP contribution in [0, 0.1) is 0 Å². The highest BCUT2D eigenvalue weighted by molar-refractivity contribution is 5.80. The van der Waals surface area contributed by atoms with E-state index in [1.165, 1.54) is 4.90 Å². The molecule has 1 aromatic heterocycles. The minimum absolute atomic E-state index is 0.00161. The monoisotopic (exact) mass is 255 g/mol. The fourth-order valence-electron chi connectivity index (χ4n) is 1.27. The van der Waals surface area contributed by atoms with Crippen LogP contribution in [0.3, 0.4) is 0 Å². The Kier molecular flexibility index (Phi) is 5.08. The van der Waals surface area contributed by atoms with Gasteiger partial charge in [0, 0.05) is 20.6 Å². The Balaban J connectivity index is 2.76. The van der Waals surface area contributed by atoms with E-state index >= 15 is 0 Å². The van der Waals surface area contributed by atoms with Crippen LogP contribution in [0.15, 0.2) is 4.42 Å². The Morgan fingerprint density at radius 1 is 1.44 bits per heavy atom. The molecule has 0 aromatic carbocycles. The maximum absolute atomic E-state index is 11.7. The van der Waals surface area contributed by atoms with Crippen molar-refractivity contribution in [2.75, 3.05) is 39.1 Å². The first-order valence-corrected chi connectivity index (χ1v) is 5.95. The van der Waals surface area contributed by atoms with Crippen LogP contribution in [0.5, 0.6) is 0 Å². The topological polar surface area (TPSA) is 74.5 Å². The van der Waals surface area contributed by atoms with Gasteiger partial charge in [-0.3, -0.25) is 4.79 Å². The Morgan fingerprint density at radius 3 is 2.61 bits per heavy atom. The summed E-state index contributed by atoms with van der Waals surface area (Å²) in [6.07, 6.45) is 0. The van der Waals surface area contributed by atoms with Crippen molar-refractivity contribution in [1.29, 1.82) is 0 Å². The highest BCUT2D eigenvalue weighted by Crippen LogP contribution is 2.16. The maximum atomic E-state index is 11.7. The molecule has 0 aliphatic heterocycles. The van der Waals surface area contributed by atoms with Gasteiger partial charge in [0.25, 0.3) is 0 Å². The molecule has 0 saturated heterocycles. The zero-order valence-electron chi connectivity index (χ0n) is 11.6. The van der Waals surface area contributed by atoms with Crippen molar-refractivity contribution in [2.24, 2.45) is 0 Å². The van der Waals surface area contributed by atoms with E-state index in [2.05, 4.69) is 15.5 Å². The van der Waals surface area contributed by atoms with E-state index in [1.807, 2.05) is 20.9 Å². The second kappa shape index (κ2) is 6.34. The Hall–Kier alpha value is -1.63. The molecule has 0 aliphatic carbocycles. The van der Waals surface area contributed by atoms with Gasteiger partial charge in [-0.05, 0) is 20.9 Å². The van der Waals surface area contributed by atoms with E-state index in [0.717, 1.165) is 0 Å². The van der Waals surface area contributed by atoms with Crippen LogP contribution in [-0.4, -0.2) is 55.2 Å². The number of amides is 1. The van der Waals surface area contributed by atoms with E-state index in [9.17, 15) is 4.79 Å². The lowest BCUT2D eigenvalue weighted by atomic mass is 10.3. The molecule has 0 aliphatic rings. The summed E-state index contributed by atoms with van der Waals surface area (Å²) < 4.78 is 5.54. The van der Waals surface area contributed by atoms with Crippen molar-refractivity contribution in [2.45, 2.75) is 19.9 Å². The number of rotatable bonds is 6. The zero-order chi connectivity index (χ0) is 13.7. The van der Waals surface area contributed by atoms with Gasteiger partial charge in [-0.1, -0.05) is 5.10 Å². The molecule has 1 atom stereocenters. The molecule has 18 heavy (non-hydrogen) atoms. The van der Waals surface area contributed by atoms with Crippen molar-refractivity contribution in [1.82, 2.24) is 20.4 Å². The standard InChI is InChI=1S/C11H21N5O2/c1-6-16(7-9(17)15(4)5)11-14-13-10(18-11)8(2)12-3/h8,12H,6-7H2,1-5H3. The molecule has 102 valence electrons. The second-order valence-corrected chi connectivity index (χ2v) is 4.24. The summed E-state index contributed by atoms with van der Waals surface area (Å²) in [4.78, 5) is 15.0.